The normalized spacial score (nSPS) is 10.6. The minimum absolute atomic E-state index is 0.170. The van der Waals surface area contributed by atoms with E-state index in [9.17, 15) is 9.59 Å². The van der Waals surface area contributed by atoms with Gasteiger partial charge in [0.1, 0.15) is 0 Å². The summed E-state index contributed by atoms with van der Waals surface area (Å²) < 4.78 is 11.3. The summed E-state index contributed by atoms with van der Waals surface area (Å²) in [6, 6.07) is 4.78. The second-order valence-electron chi connectivity index (χ2n) is 5.38. The molecule has 0 aliphatic rings. The fourth-order valence-corrected chi connectivity index (χ4v) is 2.04. The first-order valence-electron chi connectivity index (χ1n) is 7.51. The molecule has 0 saturated heterocycles. The lowest BCUT2D eigenvalue weighted by molar-refractivity contribution is -0.116. The zero-order valence-corrected chi connectivity index (χ0v) is 13.6. The Kier molecular flexibility index (Phi) is 4.59. The van der Waals surface area contributed by atoms with E-state index < -0.39 is 5.91 Å². The van der Waals surface area contributed by atoms with Crippen LogP contribution in [0.25, 0.3) is 0 Å². The maximum atomic E-state index is 12.0. The maximum absolute atomic E-state index is 12.0. The van der Waals surface area contributed by atoms with Crippen LogP contribution in [0.5, 0.6) is 0 Å². The van der Waals surface area contributed by atoms with Crippen molar-refractivity contribution in [3.05, 3.63) is 41.5 Å². The summed E-state index contributed by atoms with van der Waals surface area (Å²) in [5, 5.41) is 16.6. The highest BCUT2D eigenvalue weighted by Crippen LogP contribution is 2.11. The summed E-state index contributed by atoms with van der Waals surface area (Å²) in [7, 11) is 0. The van der Waals surface area contributed by atoms with E-state index in [0.29, 0.717) is 23.8 Å². The van der Waals surface area contributed by atoms with Crippen molar-refractivity contribution >= 4 is 23.6 Å². The van der Waals surface area contributed by atoms with E-state index in [-0.39, 0.29) is 23.9 Å². The molecule has 0 spiro atoms. The van der Waals surface area contributed by atoms with Crippen molar-refractivity contribution in [1.82, 2.24) is 20.1 Å². The van der Waals surface area contributed by atoms with Crippen LogP contribution in [-0.2, 0) is 11.3 Å². The van der Waals surface area contributed by atoms with Gasteiger partial charge in [0.25, 0.3) is 5.91 Å². The Morgan fingerprint density at radius 3 is 2.32 bits per heavy atom. The zero-order valence-electron chi connectivity index (χ0n) is 13.6. The van der Waals surface area contributed by atoms with Gasteiger partial charge in [-0.15, -0.1) is 0 Å². The molecule has 0 atom stereocenters. The van der Waals surface area contributed by atoms with Gasteiger partial charge in [0, 0.05) is 31.3 Å². The third-order valence-corrected chi connectivity index (χ3v) is 3.20. The van der Waals surface area contributed by atoms with Crippen molar-refractivity contribution in [2.45, 2.75) is 26.8 Å². The Morgan fingerprint density at radius 2 is 1.72 bits per heavy atom. The standard InChI is InChI=1S/C15H16N6O4/c1-9-7-13(24-19-9)16-12(22)4-6-21-5-3-11(18-21)15(23)17-14-8-10(2)20-25-14/h3,5,7-8H,4,6H2,1-2H3,(H,16,22)(H,17,23). The molecule has 0 unspecified atom stereocenters. The van der Waals surface area contributed by atoms with Crippen molar-refractivity contribution < 1.29 is 18.6 Å². The number of amides is 2. The lowest BCUT2D eigenvalue weighted by Crippen LogP contribution is -2.16. The number of aryl methyl sites for hydroxylation is 3. The van der Waals surface area contributed by atoms with Gasteiger partial charge in [-0.1, -0.05) is 10.3 Å². The monoisotopic (exact) mass is 344 g/mol. The first-order valence-corrected chi connectivity index (χ1v) is 7.51. The van der Waals surface area contributed by atoms with Gasteiger partial charge in [-0.3, -0.25) is 24.9 Å². The predicted octanol–water partition coefficient (Wildman–Crippen LogP) is 1.76. The Labute approximate surface area is 142 Å². The number of nitrogens with zero attached hydrogens (tertiary/aromatic N) is 4. The fourth-order valence-electron chi connectivity index (χ4n) is 2.04. The third kappa shape index (κ3) is 4.31. The van der Waals surface area contributed by atoms with Crippen LogP contribution < -0.4 is 10.6 Å². The van der Waals surface area contributed by atoms with Crippen molar-refractivity contribution in [1.29, 1.82) is 0 Å². The number of hydrogen-bond acceptors (Lipinski definition) is 7. The Hall–Kier alpha value is -3.43. The average Bonchev–Trinajstić information content (AvgIpc) is 3.28. The minimum atomic E-state index is -0.420. The van der Waals surface area contributed by atoms with Crippen LogP contribution in [-0.4, -0.2) is 31.9 Å². The van der Waals surface area contributed by atoms with Gasteiger partial charge in [0.05, 0.1) is 11.4 Å². The maximum Gasteiger partial charge on any atom is 0.278 e. The number of aromatic nitrogens is 4. The molecule has 0 aliphatic carbocycles. The molecule has 0 saturated carbocycles. The summed E-state index contributed by atoms with van der Waals surface area (Å²) in [6.07, 6.45) is 1.79. The van der Waals surface area contributed by atoms with E-state index in [1.165, 1.54) is 4.68 Å². The summed E-state index contributed by atoms with van der Waals surface area (Å²) in [5.74, 6) is -0.115. The number of rotatable bonds is 6. The van der Waals surface area contributed by atoms with Crippen molar-refractivity contribution in [3.8, 4) is 0 Å². The van der Waals surface area contributed by atoms with Crippen LogP contribution in [0.3, 0.4) is 0 Å². The summed E-state index contributed by atoms with van der Waals surface area (Å²) in [6.45, 7) is 3.82. The first kappa shape index (κ1) is 16.4. The SMILES string of the molecule is Cc1cc(NC(=O)CCn2ccc(C(=O)Nc3cc(C)no3)n2)on1. The molecule has 2 amide bonds. The molecule has 0 aliphatic heterocycles. The van der Waals surface area contributed by atoms with Gasteiger partial charge >= 0.3 is 0 Å². The molecule has 2 N–H and O–H groups in total. The predicted molar refractivity (Wildman–Crippen MR) is 85.9 cm³/mol. The summed E-state index contributed by atoms with van der Waals surface area (Å²) >= 11 is 0. The molecule has 3 rings (SSSR count). The van der Waals surface area contributed by atoms with Gasteiger partial charge in [-0.2, -0.15) is 5.10 Å². The molecule has 10 nitrogen and oxygen atoms in total. The van der Waals surface area contributed by atoms with E-state index in [4.69, 9.17) is 9.05 Å². The molecule has 3 aromatic rings. The fraction of sp³-hybridized carbons (Fsp3) is 0.267. The van der Waals surface area contributed by atoms with Crippen molar-refractivity contribution in [2.24, 2.45) is 0 Å². The second kappa shape index (κ2) is 6.99. The lowest BCUT2D eigenvalue weighted by Gasteiger charge is -2.02. The van der Waals surface area contributed by atoms with Crippen LogP contribution in [0.2, 0.25) is 0 Å². The van der Waals surface area contributed by atoms with Crippen molar-refractivity contribution in [2.75, 3.05) is 10.6 Å². The van der Waals surface area contributed by atoms with E-state index in [1.807, 2.05) is 0 Å². The van der Waals surface area contributed by atoms with Gasteiger partial charge in [-0.05, 0) is 19.9 Å². The highest BCUT2D eigenvalue weighted by Gasteiger charge is 2.13. The third-order valence-electron chi connectivity index (χ3n) is 3.20. The molecule has 0 aromatic carbocycles. The molecule has 0 radical (unpaired) electrons. The highest BCUT2D eigenvalue weighted by molar-refractivity contribution is 6.02. The molecule has 130 valence electrons. The number of nitrogens with one attached hydrogen (secondary N) is 2. The molecule has 0 bridgehead atoms. The van der Waals surface area contributed by atoms with Crippen molar-refractivity contribution in [3.63, 3.8) is 0 Å². The Balaban J connectivity index is 1.51. The molecule has 3 heterocycles. The van der Waals surface area contributed by atoms with Gasteiger partial charge in [-0.25, -0.2) is 0 Å². The number of anilines is 2. The van der Waals surface area contributed by atoms with Crippen LogP contribution in [0.15, 0.2) is 33.4 Å². The summed E-state index contributed by atoms with van der Waals surface area (Å²) in [5.41, 5.74) is 1.55. The molecule has 25 heavy (non-hydrogen) atoms. The molecule has 0 fully saturated rings. The lowest BCUT2D eigenvalue weighted by atomic mass is 10.4. The summed E-state index contributed by atoms with van der Waals surface area (Å²) in [4.78, 5) is 23.9. The smallest absolute Gasteiger partial charge is 0.278 e. The van der Waals surface area contributed by atoms with Crippen LogP contribution >= 0.6 is 0 Å². The topological polar surface area (TPSA) is 128 Å². The van der Waals surface area contributed by atoms with E-state index in [1.54, 1.807) is 38.2 Å². The number of carbonyl (C=O) groups is 2. The van der Waals surface area contributed by atoms with Gasteiger partial charge in [0.2, 0.25) is 17.7 Å². The zero-order chi connectivity index (χ0) is 17.8. The quantitative estimate of drug-likeness (QED) is 0.697. The molecular weight excluding hydrogens is 328 g/mol. The van der Waals surface area contributed by atoms with Crippen LogP contribution in [0.1, 0.15) is 28.3 Å². The second-order valence-corrected chi connectivity index (χ2v) is 5.38. The van der Waals surface area contributed by atoms with Crippen LogP contribution in [0.4, 0.5) is 11.8 Å². The van der Waals surface area contributed by atoms with Crippen LogP contribution in [0, 0.1) is 13.8 Å². The van der Waals surface area contributed by atoms with E-state index in [2.05, 4.69) is 26.0 Å². The van der Waals surface area contributed by atoms with E-state index >= 15 is 0 Å². The van der Waals surface area contributed by atoms with Gasteiger partial charge in [0.15, 0.2) is 5.69 Å². The molecule has 10 heteroatoms. The van der Waals surface area contributed by atoms with E-state index in [0.717, 1.165) is 0 Å². The average molecular weight is 344 g/mol. The highest BCUT2D eigenvalue weighted by atomic mass is 16.5. The Morgan fingerprint density at radius 1 is 1.08 bits per heavy atom. The first-order chi connectivity index (χ1) is 12.0. The molecule has 3 aromatic heterocycles. The number of carbonyl (C=O) groups excluding carboxylic acids is 2. The largest absolute Gasteiger partial charge is 0.338 e. The minimum Gasteiger partial charge on any atom is -0.338 e. The van der Waals surface area contributed by atoms with Gasteiger partial charge < -0.3 is 9.05 Å². The number of hydrogen-bond donors (Lipinski definition) is 2. The molecular formula is C15H16N6O4. The Bertz CT molecular complexity index is 893.